The SMILES string of the molecule is O=C(O)c1ccc(OCCOc2ccc(S(=O)(=O)C(F)(F)F)cc2[N+](=O)[O-])cc1. The van der Waals surface area contributed by atoms with Crippen molar-refractivity contribution >= 4 is 21.5 Å². The summed E-state index contributed by atoms with van der Waals surface area (Å²) in [7, 11) is -5.75. The van der Waals surface area contributed by atoms with Gasteiger partial charge in [-0.2, -0.15) is 13.2 Å². The number of carbonyl (C=O) groups is 1. The Hall–Kier alpha value is -3.35. The van der Waals surface area contributed by atoms with E-state index in [0.29, 0.717) is 11.8 Å². The largest absolute Gasteiger partial charge is 0.501 e. The number of carboxylic acids is 1. The minimum absolute atomic E-state index is 0.0399. The highest BCUT2D eigenvalue weighted by Gasteiger charge is 2.47. The molecular weight excluding hydrogens is 423 g/mol. The molecule has 0 bridgehead atoms. The second kappa shape index (κ2) is 8.34. The van der Waals surface area contributed by atoms with Crippen molar-refractivity contribution in [2.24, 2.45) is 0 Å². The van der Waals surface area contributed by atoms with Crippen LogP contribution >= 0.6 is 0 Å². The highest BCUT2D eigenvalue weighted by Crippen LogP contribution is 2.35. The van der Waals surface area contributed by atoms with Gasteiger partial charge in [-0.3, -0.25) is 10.1 Å². The van der Waals surface area contributed by atoms with Gasteiger partial charge in [-0.15, -0.1) is 0 Å². The standard InChI is InChI=1S/C16H12F3NO8S/c17-16(18,19)29(25,26)12-5-6-14(13(9-12)20(23)24)28-8-7-27-11-3-1-10(2-4-11)15(21)22/h1-6,9H,7-8H2,(H,21,22). The summed E-state index contributed by atoms with van der Waals surface area (Å²) in [6, 6.07) is 6.91. The minimum Gasteiger partial charge on any atom is -0.490 e. The lowest BCUT2D eigenvalue weighted by atomic mass is 10.2. The number of halogens is 3. The number of nitrogens with zero attached hydrogens (tertiary/aromatic N) is 1. The van der Waals surface area contributed by atoms with Crippen LogP contribution in [0.4, 0.5) is 18.9 Å². The Kier molecular flexibility index (Phi) is 6.31. The van der Waals surface area contributed by atoms with Gasteiger partial charge in [0.25, 0.3) is 9.84 Å². The molecule has 0 heterocycles. The number of hydrogen-bond acceptors (Lipinski definition) is 7. The molecule has 0 aliphatic rings. The number of aromatic carboxylic acids is 1. The van der Waals surface area contributed by atoms with Crippen molar-refractivity contribution in [2.75, 3.05) is 13.2 Å². The maximum Gasteiger partial charge on any atom is 0.501 e. The van der Waals surface area contributed by atoms with Gasteiger partial charge in [0.1, 0.15) is 19.0 Å². The first-order valence-electron chi connectivity index (χ1n) is 7.62. The molecule has 0 amide bonds. The fourth-order valence-corrected chi connectivity index (χ4v) is 2.85. The molecule has 0 aromatic heterocycles. The number of benzene rings is 2. The van der Waals surface area contributed by atoms with Gasteiger partial charge in [0, 0.05) is 6.07 Å². The summed E-state index contributed by atoms with van der Waals surface area (Å²) in [5, 5.41) is 19.8. The monoisotopic (exact) mass is 435 g/mol. The summed E-state index contributed by atoms with van der Waals surface area (Å²) in [5.41, 5.74) is -6.52. The molecule has 13 heteroatoms. The van der Waals surface area contributed by atoms with Gasteiger partial charge in [-0.25, -0.2) is 13.2 Å². The molecule has 0 aliphatic carbocycles. The lowest BCUT2D eigenvalue weighted by Gasteiger charge is -2.11. The van der Waals surface area contributed by atoms with Gasteiger partial charge in [0.05, 0.1) is 15.4 Å². The van der Waals surface area contributed by atoms with E-state index in [4.69, 9.17) is 14.6 Å². The molecule has 2 aromatic rings. The summed E-state index contributed by atoms with van der Waals surface area (Å²) in [4.78, 5) is 19.5. The van der Waals surface area contributed by atoms with Gasteiger partial charge in [-0.05, 0) is 36.4 Å². The summed E-state index contributed by atoms with van der Waals surface area (Å²) >= 11 is 0. The van der Waals surface area contributed by atoms with E-state index >= 15 is 0 Å². The van der Waals surface area contributed by atoms with Crippen LogP contribution in [0.3, 0.4) is 0 Å². The molecule has 0 fully saturated rings. The van der Waals surface area contributed by atoms with Crippen LogP contribution in [0.25, 0.3) is 0 Å². The van der Waals surface area contributed by atoms with Crippen molar-refractivity contribution in [2.45, 2.75) is 10.4 Å². The van der Waals surface area contributed by atoms with E-state index in [2.05, 4.69) is 0 Å². The van der Waals surface area contributed by atoms with Crippen molar-refractivity contribution in [1.29, 1.82) is 0 Å². The van der Waals surface area contributed by atoms with Gasteiger partial charge >= 0.3 is 17.2 Å². The molecule has 2 rings (SSSR count). The summed E-state index contributed by atoms with van der Waals surface area (Å²) < 4.78 is 70.9. The molecule has 0 spiro atoms. The first kappa shape index (κ1) is 21.9. The Labute approximate surface area is 161 Å². The number of ether oxygens (including phenoxy) is 2. The summed E-state index contributed by atoms with van der Waals surface area (Å²) in [5.74, 6) is -1.27. The molecule has 29 heavy (non-hydrogen) atoms. The van der Waals surface area contributed by atoms with Crippen LogP contribution < -0.4 is 9.47 Å². The zero-order valence-electron chi connectivity index (χ0n) is 14.2. The third-order valence-electron chi connectivity index (χ3n) is 3.45. The molecule has 0 saturated heterocycles. The summed E-state index contributed by atoms with van der Waals surface area (Å²) in [6.45, 7) is -0.390. The third-order valence-corrected chi connectivity index (χ3v) is 4.94. The average molecular weight is 435 g/mol. The van der Waals surface area contributed by atoms with Crippen molar-refractivity contribution in [3.05, 3.63) is 58.1 Å². The average Bonchev–Trinajstić information content (AvgIpc) is 2.64. The van der Waals surface area contributed by atoms with Crippen LogP contribution in [0.2, 0.25) is 0 Å². The second-order valence-corrected chi connectivity index (χ2v) is 7.30. The Morgan fingerprint density at radius 2 is 1.66 bits per heavy atom. The van der Waals surface area contributed by atoms with Crippen LogP contribution in [-0.4, -0.2) is 43.1 Å². The van der Waals surface area contributed by atoms with Crippen LogP contribution in [-0.2, 0) is 9.84 Å². The van der Waals surface area contributed by atoms with Crippen LogP contribution in [0.15, 0.2) is 47.4 Å². The Bertz CT molecular complexity index is 1020. The van der Waals surface area contributed by atoms with E-state index in [1.165, 1.54) is 24.3 Å². The van der Waals surface area contributed by atoms with E-state index in [1.54, 1.807) is 0 Å². The zero-order valence-corrected chi connectivity index (χ0v) is 15.1. The predicted octanol–water partition coefficient (Wildman–Crippen LogP) is 3.04. The van der Waals surface area contributed by atoms with Crippen molar-refractivity contribution in [3.63, 3.8) is 0 Å². The zero-order chi connectivity index (χ0) is 21.8. The van der Waals surface area contributed by atoms with E-state index in [-0.39, 0.29) is 24.8 Å². The molecular formula is C16H12F3NO8S. The Morgan fingerprint density at radius 3 is 2.17 bits per heavy atom. The maximum absolute atomic E-state index is 12.6. The third kappa shape index (κ3) is 5.13. The van der Waals surface area contributed by atoms with Gasteiger partial charge in [0.15, 0.2) is 5.75 Å². The number of alkyl halides is 3. The van der Waals surface area contributed by atoms with Gasteiger partial charge < -0.3 is 14.6 Å². The number of carboxylic acid groups (broad SMARTS) is 1. The molecule has 0 saturated carbocycles. The highest BCUT2D eigenvalue weighted by molar-refractivity contribution is 7.92. The first-order chi connectivity index (χ1) is 13.4. The molecule has 1 N–H and O–H groups in total. The lowest BCUT2D eigenvalue weighted by molar-refractivity contribution is -0.386. The van der Waals surface area contributed by atoms with Crippen LogP contribution in [0.1, 0.15) is 10.4 Å². The molecule has 156 valence electrons. The van der Waals surface area contributed by atoms with Gasteiger partial charge in [0.2, 0.25) is 0 Å². The van der Waals surface area contributed by atoms with E-state index in [9.17, 15) is 36.5 Å². The highest BCUT2D eigenvalue weighted by atomic mass is 32.2. The first-order valence-corrected chi connectivity index (χ1v) is 9.10. The molecule has 0 unspecified atom stereocenters. The number of hydrogen-bond donors (Lipinski definition) is 1. The van der Waals surface area contributed by atoms with Crippen molar-refractivity contribution < 1.29 is 45.9 Å². The Morgan fingerprint density at radius 1 is 1.07 bits per heavy atom. The number of nitro groups is 1. The fourth-order valence-electron chi connectivity index (χ4n) is 2.07. The number of nitro benzene ring substituents is 1. The van der Waals surface area contributed by atoms with E-state index in [0.717, 1.165) is 6.07 Å². The van der Waals surface area contributed by atoms with Crippen molar-refractivity contribution in [1.82, 2.24) is 0 Å². The second-order valence-electron chi connectivity index (χ2n) is 5.36. The van der Waals surface area contributed by atoms with E-state index in [1.807, 2.05) is 0 Å². The minimum atomic E-state index is -5.75. The van der Waals surface area contributed by atoms with Crippen molar-refractivity contribution in [3.8, 4) is 11.5 Å². The van der Waals surface area contributed by atoms with Crippen LogP contribution in [0.5, 0.6) is 11.5 Å². The predicted molar refractivity (Wildman–Crippen MR) is 90.7 cm³/mol. The fraction of sp³-hybridized carbons (Fsp3) is 0.188. The molecule has 9 nitrogen and oxygen atoms in total. The number of rotatable bonds is 8. The lowest BCUT2D eigenvalue weighted by Crippen LogP contribution is -2.23. The summed E-state index contributed by atoms with van der Waals surface area (Å²) in [6.07, 6.45) is 0. The topological polar surface area (TPSA) is 133 Å². The number of sulfone groups is 1. The molecule has 0 atom stereocenters. The van der Waals surface area contributed by atoms with Gasteiger partial charge in [-0.1, -0.05) is 0 Å². The molecule has 0 radical (unpaired) electrons. The smallest absolute Gasteiger partial charge is 0.490 e. The molecule has 2 aromatic carbocycles. The van der Waals surface area contributed by atoms with E-state index < -0.39 is 42.6 Å². The molecule has 0 aliphatic heterocycles. The Balaban J connectivity index is 2.07. The normalized spacial score (nSPS) is 11.7. The maximum atomic E-state index is 12.6. The quantitative estimate of drug-likeness (QED) is 0.380. The van der Waals surface area contributed by atoms with Crippen LogP contribution in [0, 0.1) is 10.1 Å².